The Hall–Kier alpha value is -1.57. The highest BCUT2D eigenvalue weighted by Gasteiger charge is 2.25. The van der Waals surface area contributed by atoms with E-state index >= 15 is 0 Å². The van der Waals surface area contributed by atoms with E-state index < -0.39 is 10.0 Å². The third-order valence-corrected chi connectivity index (χ3v) is 6.04. The predicted molar refractivity (Wildman–Crippen MR) is 85.1 cm³/mol. The van der Waals surface area contributed by atoms with E-state index in [-0.39, 0.29) is 4.90 Å². The minimum atomic E-state index is -3.66. The van der Waals surface area contributed by atoms with Crippen molar-refractivity contribution in [3.8, 4) is 5.75 Å². The number of ether oxygens (including phenoxy) is 1. The zero-order chi connectivity index (χ0) is 15.6. The van der Waals surface area contributed by atoms with Gasteiger partial charge in [-0.15, -0.1) is 11.3 Å². The maximum Gasteiger partial charge on any atom is 0.246 e. The van der Waals surface area contributed by atoms with Gasteiger partial charge in [-0.05, 0) is 42.1 Å². The second-order valence-corrected chi connectivity index (χ2v) is 7.71. The lowest BCUT2D eigenvalue weighted by Gasteiger charge is -2.19. The maximum absolute atomic E-state index is 12.7. The Labute approximate surface area is 129 Å². The first-order chi connectivity index (χ1) is 9.86. The Kier molecular flexibility index (Phi) is 4.55. The number of hydrogen-bond donors (Lipinski definition) is 1. The van der Waals surface area contributed by atoms with Crippen LogP contribution in [0.2, 0.25) is 0 Å². The fourth-order valence-corrected chi connectivity index (χ4v) is 4.28. The van der Waals surface area contributed by atoms with Gasteiger partial charge in [-0.1, -0.05) is 0 Å². The van der Waals surface area contributed by atoms with E-state index in [9.17, 15) is 8.42 Å². The van der Waals surface area contributed by atoms with Crippen molar-refractivity contribution >= 4 is 27.0 Å². The minimum absolute atomic E-state index is 0.0849. The molecule has 0 aliphatic carbocycles. The lowest BCUT2D eigenvalue weighted by molar-refractivity contribution is 0.398. The number of rotatable bonds is 5. The lowest BCUT2D eigenvalue weighted by atomic mass is 10.3. The topological polar surface area (TPSA) is 72.6 Å². The van der Waals surface area contributed by atoms with Crippen LogP contribution >= 0.6 is 11.3 Å². The molecule has 0 saturated carbocycles. The zero-order valence-electron chi connectivity index (χ0n) is 12.2. The SMILES string of the molecule is COc1ccc(N)cc1S(=O)(=O)N(C)Cc1sccc1C. The molecule has 0 aliphatic heterocycles. The molecule has 114 valence electrons. The molecule has 2 aromatic rings. The van der Waals surface area contributed by atoms with Gasteiger partial charge >= 0.3 is 0 Å². The summed E-state index contributed by atoms with van der Waals surface area (Å²) in [6.07, 6.45) is 0. The first kappa shape index (κ1) is 15.8. The Morgan fingerprint density at radius 2 is 2.05 bits per heavy atom. The van der Waals surface area contributed by atoms with Crippen LogP contribution in [-0.4, -0.2) is 26.9 Å². The number of thiophene rings is 1. The Bertz CT molecular complexity index is 738. The van der Waals surface area contributed by atoms with E-state index in [1.165, 1.54) is 17.5 Å². The number of hydrogen-bond acceptors (Lipinski definition) is 5. The van der Waals surface area contributed by atoms with Crippen molar-refractivity contribution in [2.75, 3.05) is 19.9 Å². The van der Waals surface area contributed by atoms with Gasteiger partial charge in [0.25, 0.3) is 0 Å². The largest absolute Gasteiger partial charge is 0.495 e. The number of methoxy groups -OCH3 is 1. The molecule has 1 aromatic heterocycles. The third kappa shape index (κ3) is 3.20. The van der Waals surface area contributed by atoms with Gasteiger partial charge in [0.2, 0.25) is 10.0 Å². The van der Waals surface area contributed by atoms with Crippen LogP contribution in [0.1, 0.15) is 10.4 Å². The summed E-state index contributed by atoms with van der Waals surface area (Å²) in [5.41, 5.74) is 7.17. The smallest absolute Gasteiger partial charge is 0.246 e. The molecule has 5 nitrogen and oxygen atoms in total. The fraction of sp³-hybridized carbons (Fsp3) is 0.286. The first-order valence-electron chi connectivity index (χ1n) is 6.29. The van der Waals surface area contributed by atoms with Crippen LogP contribution in [-0.2, 0) is 16.6 Å². The normalized spacial score (nSPS) is 11.8. The number of benzene rings is 1. The summed E-state index contributed by atoms with van der Waals surface area (Å²) in [6, 6.07) is 6.57. The van der Waals surface area contributed by atoms with Crippen molar-refractivity contribution in [3.63, 3.8) is 0 Å². The van der Waals surface area contributed by atoms with Crippen molar-refractivity contribution in [1.29, 1.82) is 0 Å². The molecule has 0 bridgehead atoms. The van der Waals surface area contributed by atoms with Gasteiger partial charge < -0.3 is 10.5 Å². The zero-order valence-corrected chi connectivity index (χ0v) is 13.8. The first-order valence-corrected chi connectivity index (χ1v) is 8.61. The summed E-state index contributed by atoms with van der Waals surface area (Å²) < 4.78 is 31.8. The molecule has 0 fully saturated rings. The summed E-state index contributed by atoms with van der Waals surface area (Å²) in [6.45, 7) is 2.29. The van der Waals surface area contributed by atoms with Gasteiger partial charge in [-0.25, -0.2) is 8.42 Å². The monoisotopic (exact) mass is 326 g/mol. The van der Waals surface area contributed by atoms with Crippen LogP contribution < -0.4 is 10.5 Å². The minimum Gasteiger partial charge on any atom is -0.495 e. The summed E-state index contributed by atoms with van der Waals surface area (Å²) in [5, 5.41) is 1.95. The molecule has 1 heterocycles. The molecule has 1 aromatic carbocycles. The van der Waals surface area contributed by atoms with E-state index in [2.05, 4.69) is 0 Å². The van der Waals surface area contributed by atoms with Crippen molar-refractivity contribution in [1.82, 2.24) is 4.31 Å². The van der Waals surface area contributed by atoms with E-state index in [4.69, 9.17) is 10.5 Å². The number of sulfonamides is 1. The van der Waals surface area contributed by atoms with Crippen molar-refractivity contribution in [2.24, 2.45) is 0 Å². The molecule has 2 rings (SSSR count). The second kappa shape index (κ2) is 6.05. The molecule has 7 heteroatoms. The van der Waals surface area contributed by atoms with E-state index in [0.717, 1.165) is 10.4 Å². The molecular formula is C14H18N2O3S2. The van der Waals surface area contributed by atoms with Gasteiger partial charge in [0.15, 0.2) is 0 Å². The molecule has 0 saturated heterocycles. The van der Waals surface area contributed by atoms with Gasteiger partial charge in [-0.2, -0.15) is 4.31 Å². The number of nitrogens with two attached hydrogens (primary N) is 1. The van der Waals surface area contributed by atoms with Crippen LogP contribution in [0, 0.1) is 6.92 Å². The van der Waals surface area contributed by atoms with Gasteiger partial charge in [0.05, 0.1) is 7.11 Å². The second-order valence-electron chi connectivity index (χ2n) is 4.70. The molecule has 0 amide bonds. The van der Waals surface area contributed by atoms with Crippen molar-refractivity contribution in [2.45, 2.75) is 18.4 Å². The van der Waals surface area contributed by atoms with E-state index in [0.29, 0.717) is 18.0 Å². The average Bonchev–Trinajstić information content (AvgIpc) is 2.84. The fourth-order valence-electron chi connectivity index (χ4n) is 1.92. The van der Waals surface area contributed by atoms with Crippen LogP contribution in [0.5, 0.6) is 5.75 Å². The van der Waals surface area contributed by atoms with Crippen molar-refractivity contribution < 1.29 is 13.2 Å². The average molecular weight is 326 g/mol. The van der Waals surface area contributed by atoms with Gasteiger partial charge in [0, 0.05) is 24.2 Å². The van der Waals surface area contributed by atoms with Crippen LogP contribution in [0.4, 0.5) is 5.69 Å². The lowest BCUT2D eigenvalue weighted by Crippen LogP contribution is -2.27. The quantitative estimate of drug-likeness (QED) is 0.857. The van der Waals surface area contributed by atoms with Crippen molar-refractivity contribution in [3.05, 3.63) is 40.1 Å². The van der Waals surface area contributed by atoms with Gasteiger partial charge in [0.1, 0.15) is 10.6 Å². The standard InChI is InChI=1S/C14H18N2O3S2/c1-10-6-7-20-13(10)9-16(2)21(17,18)14-8-11(15)4-5-12(14)19-3/h4-8H,9,15H2,1-3H3. The highest BCUT2D eigenvalue weighted by molar-refractivity contribution is 7.89. The highest BCUT2D eigenvalue weighted by Crippen LogP contribution is 2.29. The Morgan fingerprint density at radius 3 is 2.62 bits per heavy atom. The number of anilines is 1. The van der Waals surface area contributed by atoms with E-state index in [1.807, 2.05) is 18.4 Å². The van der Waals surface area contributed by atoms with Crippen LogP contribution in [0.25, 0.3) is 0 Å². The summed E-state index contributed by atoms with van der Waals surface area (Å²) >= 11 is 1.54. The number of aryl methyl sites for hydroxylation is 1. The maximum atomic E-state index is 12.7. The van der Waals surface area contributed by atoms with E-state index in [1.54, 1.807) is 30.5 Å². The van der Waals surface area contributed by atoms with Crippen LogP contribution in [0.15, 0.2) is 34.5 Å². The number of nitrogen functional groups attached to an aromatic ring is 1. The molecule has 0 aliphatic rings. The molecule has 2 N–H and O–H groups in total. The molecule has 0 atom stereocenters. The summed E-state index contributed by atoms with van der Waals surface area (Å²) in [5.74, 6) is 0.291. The summed E-state index contributed by atoms with van der Waals surface area (Å²) in [7, 11) is -0.671. The van der Waals surface area contributed by atoms with Crippen LogP contribution in [0.3, 0.4) is 0 Å². The summed E-state index contributed by atoms with van der Waals surface area (Å²) in [4.78, 5) is 1.10. The molecular weight excluding hydrogens is 308 g/mol. The molecule has 0 radical (unpaired) electrons. The third-order valence-electron chi connectivity index (χ3n) is 3.21. The van der Waals surface area contributed by atoms with Gasteiger partial charge in [-0.3, -0.25) is 0 Å². The molecule has 0 spiro atoms. The predicted octanol–water partition coefficient (Wildman–Crippen LogP) is 2.47. The molecule has 21 heavy (non-hydrogen) atoms. The number of nitrogens with zero attached hydrogens (tertiary/aromatic N) is 1. The molecule has 0 unspecified atom stereocenters. The highest BCUT2D eigenvalue weighted by atomic mass is 32.2. The Morgan fingerprint density at radius 1 is 1.33 bits per heavy atom. The Balaban J connectivity index is 2.37.